The van der Waals surface area contributed by atoms with Crippen molar-refractivity contribution >= 4 is 39.7 Å². The maximum atomic E-state index is 12.7. The molecule has 33 heavy (non-hydrogen) atoms. The number of aryl methyl sites for hydroxylation is 1. The number of benzene rings is 1. The smallest absolute Gasteiger partial charge is 0.251 e. The van der Waals surface area contributed by atoms with Gasteiger partial charge in [0, 0.05) is 22.5 Å². The molecule has 5 rings (SSSR count). The van der Waals surface area contributed by atoms with Crippen LogP contribution in [0.4, 0.5) is 10.7 Å². The zero-order valence-electron chi connectivity index (χ0n) is 18.1. The maximum Gasteiger partial charge on any atom is 0.251 e. The van der Waals surface area contributed by atoms with Crippen molar-refractivity contribution in [2.45, 2.75) is 32.1 Å². The van der Waals surface area contributed by atoms with E-state index in [-0.39, 0.29) is 31.1 Å². The molecule has 0 atom stereocenters. The summed E-state index contributed by atoms with van der Waals surface area (Å²) in [5, 5.41) is 6.41. The van der Waals surface area contributed by atoms with Gasteiger partial charge in [-0.25, -0.2) is 0 Å². The molecule has 10 heteroatoms. The molecular formula is C23H26N4O5S. The van der Waals surface area contributed by atoms with Crippen molar-refractivity contribution in [2.75, 3.05) is 37.1 Å². The second kappa shape index (κ2) is 9.03. The molecule has 174 valence electrons. The molecule has 1 fully saturated rings. The number of thiophene rings is 1. The zero-order valence-corrected chi connectivity index (χ0v) is 19.0. The van der Waals surface area contributed by atoms with Gasteiger partial charge in [-0.3, -0.25) is 19.3 Å². The molecular weight excluding hydrogens is 444 g/mol. The van der Waals surface area contributed by atoms with Crippen molar-refractivity contribution < 1.29 is 23.9 Å². The minimum atomic E-state index is -0.487. The Morgan fingerprint density at radius 2 is 1.88 bits per heavy atom. The van der Waals surface area contributed by atoms with Gasteiger partial charge in [0.05, 0.1) is 12.1 Å². The van der Waals surface area contributed by atoms with Crippen LogP contribution in [0.5, 0.6) is 11.5 Å². The molecule has 0 bridgehead atoms. The lowest BCUT2D eigenvalue weighted by molar-refractivity contribution is -0.121. The van der Waals surface area contributed by atoms with Gasteiger partial charge in [-0.2, -0.15) is 0 Å². The molecule has 0 spiro atoms. The SMILES string of the molecule is NC(=O)c1c(NC(=O)CN2CCC(C(=O)Nc3ccc4c(c3)OCO4)CC2)sc2c1CCC2. The first kappa shape index (κ1) is 21.7. The molecule has 1 aromatic heterocycles. The first-order valence-corrected chi connectivity index (χ1v) is 12.0. The van der Waals surface area contributed by atoms with E-state index in [1.807, 2.05) is 4.90 Å². The number of hydrogen-bond acceptors (Lipinski definition) is 7. The number of nitrogens with two attached hydrogens (primary N) is 1. The highest BCUT2D eigenvalue weighted by Crippen LogP contribution is 2.39. The lowest BCUT2D eigenvalue weighted by atomic mass is 9.95. The molecule has 1 aliphatic carbocycles. The number of piperidine rings is 1. The van der Waals surface area contributed by atoms with Crippen LogP contribution in [0.25, 0.3) is 0 Å². The fourth-order valence-corrected chi connectivity index (χ4v) is 6.00. The zero-order chi connectivity index (χ0) is 22.9. The number of rotatable bonds is 6. The van der Waals surface area contributed by atoms with Gasteiger partial charge < -0.3 is 25.8 Å². The van der Waals surface area contributed by atoms with Crippen molar-refractivity contribution in [3.63, 3.8) is 0 Å². The lowest BCUT2D eigenvalue weighted by Gasteiger charge is -2.30. The average Bonchev–Trinajstić information content (AvgIpc) is 3.49. The summed E-state index contributed by atoms with van der Waals surface area (Å²) in [4.78, 5) is 40.4. The quantitative estimate of drug-likeness (QED) is 0.596. The van der Waals surface area contributed by atoms with Crippen molar-refractivity contribution in [3.05, 3.63) is 34.2 Å². The Bertz CT molecular complexity index is 1110. The molecule has 3 aliphatic rings. The Morgan fingerprint density at radius 3 is 2.67 bits per heavy atom. The molecule has 0 unspecified atom stereocenters. The topological polar surface area (TPSA) is 123 Å². The number of ether oxygens (including phenoxy) is 2. The van der Waals surface area contributed by atoms with Crippen LogP contribution in [0.3, 0.4) is 0 Å². The molecule has 2 aromatic rings. The van der Waals surface area contributed by atoms with Crippen LogP contribution in [0.15, 0.2) is 18.2 Å². The third-order valence-electron chi connectivity index (χ3n) is 6.39. The van der Waals surface area contributed by atoms with E-state index in [1.54, 1.807) is 18.2 Å². The fraction of sp³-hybridized carbons (Fsp3) is 0.435. The fourth-order valence-electron chi connectivity index (χ4n) is 4.69. The number of anilines is 2. The molecule has 0 radical (unpaired) electrons. The van der Waals surface area contributed by atoms with Gasteiger partial charge in [0.15, 0.2) is 11.5 Å². The average molecular weight is 471 g/mol. The Labute approximate surface area is 195 Å². The van der Waals surface area contributed by atoms with Crippen LogP contribution in [0, 0.1) is 5.92 Å². The number of carbonyl (C=O) groups is 3. The highest BCUT2D eigenvalue weighted by molar-refractivity contribution is 7.17. The molecule has 1 saturated heterocycles. The first-order valence-electron chi connectivity index (χ1n) is 11.1. The molecule has 3 heterocycles. The Morgan fingerprint density at radius 1 is 1.09 bits per heavy atom. The van der Waals surface area contributed by atoms with Gasteiger partial charge in [-0.15, -0.1) is 11.3 Å². The summed E-state index contributed by atoms with van der Waals surface area (Å²) < 4.78 is 10.6. The van der Waals surface area contributed by atoms with Gasteiger partial charge in [-0.05, 0) is 62.9 Å². The third-order valence-corrected chi connectivity index (χ3v) is 7.59. The highest BCUT2D eigenvalue weighted by atomic mass is 32.1. The van der Waals surface area contributed by atoms with Crippen molar-refractivity contribution in [2.24, 2.45) is 11.7 Å². The number of nitrogens with one attached hydrogen (secondary N) is 2. The van der Waals surface area contributed by atoms with Crippen LogP contribution < -0.4 is 25.8 Å². The summed E-state index contributed by atoms with van der Waals surface area (Å²) in [6.07, 6.45) is 4.12. The molecule has 1 aromatic carbocycles. The normalized spacial score (nSPS) is 17.6. The number of hydrogen-bond donors (Lipinski definition) is 3. The summed E-state index contributed by atoms with van der Waals surface area (Å²) in [7, 11) is 0. The predicted molar refractivity (Wildman–Crippen MR) is 124 cm³/mol. The van der Waals surface area contributed by atoms with E-state index in [4.69, 9.17) is 15.2 Å². The maximum absolute atomic E-state index is 12.7. The summed E-state index contributed by atoms with van der Waals surface area (Å²) in [6, 6.07) is 5.34. The second-order valence-corrected chi connectivity index (χ2v) is 9.69. The van der Waals surface area contributed by atoms with E-state index in [9.17, 15) is 14.4 Å². The Kier molecular flexibility index (Phi) is 5.94. The summed E-state index contributed by atoms with van der Waals surface area (Å²) in [5.41, 5.74) is 7.72. The number of carbonyl (C=O) groups excluding carboxylic acids is 3. The van der Waals surface area contributed by atoms with Crippen LogP contribution in [0.1, 0.15) is 40.1 Å². The summed E-state index contributed by atoms with van der Waals surface area (Å²) in [6.45, 7) is 1.71. The van der Waals surface area contributed by atoms with Crippen molar-refractivity contribution in [1.82, 2.24) is 4.90 Å². The third kappa shape index (κ3) is 4.53. The second-order valence-electron chi connectivity index (χ2n) is 8.58. The van der Waals surface area contributed by atoms with Gasteiger partial charge in [0.25, 0.3) is 5.91 Å². The van der Waals surface area contributed by atoms with Crippen molar-refractivity contribution in [3.8, 4) is 11.5 Å². The number of nitrogens with zero attached hydrogens (tertiary/aromatic N) is 1. The molecule has 2 aliphatic heterocycles. The van der Waals surface area contributed by atoms with Crippen LogP contribution >= 0.6 is 11.3 Å². The lowest BCUT2D eigenvalue weighted by Crippen LogP contribution is -2.41. The minimum Gasteiger partial charge on any atom is -0.454 e. The van der Waals surface area contributed by atoms with E-state index in [1.165, 1.54) is 11.3 Å². The highest BCUT2D eigenvalue weighted by Gasteiger charge is 2.29. The van der Waals surface area contributed by atoms with Gasteiger partial charge >= 0.3 is 0 Å². The number of amides is 3. The van der Waals surface area contributed by atoms with Gasteiger partial charge in [0.2, 0.25) is 18.6 Å². The summed E-state index contributed by atoms with van der Waals surface area (Å²) in [5.74, 6) is 0.507. The van der Waals surface area contributed by atoms with Crippen molar-refractivity contribution in [1.29, 1.82) is 0 Å². The predicted octanol–water partition coefficient (Wildman–Crippen LogP) is 2.35. The molecule has 9 nitrogen and oxygen atoms in total. The first-order chi connectivity index (χ1) is 16.0. The molecule has 4 N–H and O–H groups in total. The Balaban J connectivity index is 1.12. The van der Waals surface area contributed by atoms with Crippen LogP contribution in [-0.2, 0) is 22.4 Å². The monoisotopic (exact) mass is 470 g/mol. The Hall–Kier alpha value is -3.11. The van der Waals surface area contributed by atoms with E-state index in [0.29, 0.717) is 53.7 Å². The number of likely N-dealkylation sites (tertiary alicyclic amines) is 1. The van der Waals surface area contributed by atoms with Crippen LogP contribution in [-0.4, -0.2) is 49.0 Å². The standard InChI is InChI=1S/C23H26N4O5S/c24-21(29)20-15-2-1-3-18(15)33-23(20)26-19(28)11-27-8-6-13(7-9-27)22(30)25-14-4-5-16-17(10-14)32-12-31-16/h4-5,10,13H,1-3,6-9,11-12H2,(H2,24,29)(H,25,30)(H,26,28). The van der Waals surface area contributed by atoms with Crippen LogP contribution in [0.2, 0.25) is 0 Å². The molecule has 3 amide bonds. The number of primary amides is 1. The van der Waals surface area contributed by atoms with E-state index in [2.05, 4.69) is 10.6 Å². The van der Waals surface area contributed by atoms with E-state index in [0.717, 1.165) is 29.7 Å². The number of fused-ring (bicyclic) bond motifs is 2. The summed E-state index contributed by atoms with van der Waals surface area (Å²) >= 11 is 1.46. The van der Waals surface area contributed by atoms with Gasteiger partial charge in [-0.1, -0.05) is 0 Å². The largest absolute Gasteiger partial charge is 0.454 e. The van der Waals surface area contributed by atoms with E-state index >= 15 is 0 Å². The van der Waals surface area contributed by atoms with Gasteiger partial charge in [0.1, 0.15) is 5.00 Å². The minimum absolute atomic E-state index is 0.0304. The molecule has 0 saturated carbocycles. The van der Waals surface area contributed by atoms with E-state index < -0.39 is 5.91 Å².